The van der Waals surface area contributed by atoms with Crippen LogP contribution in [0.2, 0.25) is 0 Å². The number of ether oxygens (including phenoxy) is 1. The average Bonchev–Trinajstić information content (AvgIpc) is 2.60. The van der Waals surface area contributed by atoms with Crippen molar-refractivity contribution in [1.82, 2.24) is 9.80 Å². The third-order valence-electron chi connectivity index (χ3n) is 4.44. The smallest absolute Gasteiger partial charge is 0.306 e. The van der Waals surface area contributed by atoms with E-state index in [9.17, 15) is 14.0 Å². The van der Waals surface area contributed by atoms with Gasteiger partial charge in [0.25, 0.3) is 0 Å². The number of amides is 1. The number of rotatable bonds is 8. The lowest BCUT2D eigenvalue weighted by Gasteiger charge is -2.30. The Morgan fingerprint density at radius 2 is 1.92 bits per heavy atom. The van der Waals surface area contributed by atoms with Crippen LogP contribution in [-0.4, -0.2) is 66.6 Å². The van der Waals surface area contributed by atoms with Crippen LogP contribution in [0.15, 0.2) is 24.3 Å². The van der Waals surface area contributed by atoms with Crippen molar-refractivity contribution in [2.24, 2.45) is 5.92 Å². The molecule has 0 atom stereocenters. The molecule has 0 aromatic heterocycles. The number of likely N-dealkylation sites (tertiary alicyclic amines) is 1. The minimum Gasteiger partial charge on any atom is -0.494 e. The third-order valence-corrected chi connectivity index (χ3v) is 4.44. The summed E-state index contributed by atoms with van der Waals surface area (Å²) in [5.74, 6) is -0.700. The zero-order valence-electron chi connectivity index (χ0n) is 14.5. The van der Waals surface area contributed by atoms with E-state index in [2.05, 4.69) is 0 Å². The van der Waals surface area contributed by atoms with Gasteiger partial charge < -0.3 is 14.7 Å². The molecule has 2 rings (SSSR count). The fourth-order valence-corrected chi connectivity index (χ4v) is 2.80. The highest BCUT2D eigenvalue weighted by Crippen LogP contribution is 2.17. The number of hydrogen-bond acceptors (Lipinski definition) is 4. The quantitative estimate of drug-likeness (QED) is 0.723. The Labute approximate surface area is 147 Å². The van der Waals surface area contributed by atoms with Gasteiger partial charge in [0.05, 0.1) is 19.1 Å². The van der Waals surface area contributed by atoms with Gasteiger partial charge in [0.1, 0.15) is 11.6 Å². The van der Waals surface area contributed by atoms with E-state index in [0.717, 1.165) is 0 Å². The summed E-state index contributed by atoms with van der Waals surface area (Å²) in [6, 6.07) is 5.84. The van der Waals surface area contributed by atoms with Crippen molar-refractivity contribution in [3.63, 3.8) is 0 Å². The van der Waals surface area contributed by atoms with Crippen molar-refractivity contribution in [3.05, 3.63) is 30.1 Å². The molecule has 1 aliphatic heterocycles. The van der Waals surface area contributed by atoms with E-state index in [1.165, 1.54) is 12.1 Å². The lowest BCUT2D eigenvalue weighted by molar-refractivity contribution is -0.143. The lowest BCUT2D eigenvalue weighted by atomic mass is 9.97. The van der Waals surface area contributed by atoms with Gasteiger partial charge in [-0.15, -0.1) is 0 Å². The first-order valence-electron chi connectivity index (χ1n) is 8.53. The summed E-state index contributed by atoms with van der Waals surface area (Å²) >= 11 is 0. The molecule has 1 aliphatic rings. The van der Waals surface area contributed by atoms with Gasteiger partial charge in [-0.05, 0) is 56.6 Å². The molecule has 1 fully saturated rings. The maximum Gasteiger partial charge on any atom is 0.306 e. The summed E-state index contributed by atoms with van der Waals surface area (Å²) in [6.45, 7) is 2.63. The number of aliphatic carboxylic acids is 1. The van der Waals surface area contributed by atoms with Gasteiger partial charge in [0, 0.05) is 13.6 Å². The molecule has 0 saturated carbocycles. The summed E-state index contributed by atoms with van der Waals surface area (Å²) in [5, 5.41) is 8.99. The van der Waals surface area contributed by atoms with Crippen LogP contribution < -0.4 is 4.74 Å². The number of piperidine rings is 1. The maximum absolute atomic E-state index is 12.8. The molecule has 0 spiro atoms. The van der Waals surface area contributed by atoms with Gasteiger partial charge in [-0.1, -0.05) is 0 Å². The van der Waals surface area contributed by atoms with E-state index in [1.54, 1.807) is 24.1 Å². The standard InChI is InChI=1S/C18H25FN2O4/c1-20(9-2-12-25-16-5-3-15(19)4-6-16)17(22)13-21-10-7-14(8-11-21)18(23)24/h3-6,14H,2,7-13H2,1H3,(H,23,24). The highest BCUT2D eigenvalue weighted by molar-refractivity contribution is 5.78. The fourth-order valence-electron chi connectivity index (χ4n) is 2.80. The van der Waals surface area contributed by atoms with E-state index in [4.69, 9.17) is 9.84 Å². The summed E-state index contributed by atoms with van der Waals surface area (Å²) < 4.78 is 18.3. The minimum atomic E-state index is -0.746. The number of nitrogens with zero attached hydrogens (tertiary/aromatic N) is 2. The predicted molar refractivity (Wildman–Crippen MR) is 90.9 cm³/mol. The molecule has 1 N–H and O–H groups in total. The van der Waals surface area contributed by atoms with Gasteiger partial charge in [0.2, 0.25) is 5.91 Å². The monoisotopic (exact) mass is 352 g/mol. The number of benzene rings is 1. The van der Waals surface area contributed by atoms with E-state index in [-0.39, 0.29) is 17.6 Å². The van der Waals surface area contributed by atoms with Crippen molar-refractivity contribution in [2.45, 2.75) is 19.3 Å². The maximum atomic E-state index is 12.8. The number of halogens is 1. The molecule has 1 saturated heterocycles. The van der Waals surface area contributed by atoms with Gasteiger partial charge in [-0.25, -0.2) is 4.39 Å². The van der Waals surface area contributed by atoms with Gasteiger partial charge in [-0.2, -0.15) is 0 Å². The van der Waals surface area contributed by atoms with Crippen LogP contribution in [0.25, 0.3) is 0 Å². The number of carboxylic acid groups (broad SMARTS) is 1. The SMILES string of the molecule is CN(CCCOc1ccc(F)cc1)C(=O)CN1CCC(C(=O)O)CC1. The molecule has 0 bridgehead atoms. The Balaban J connectivity index is 1.62. The van der Waals surface area contributed by atoms with E-state index >= 15 is 0 Å². The molecule has 0 aliphatic carbocycles. The van der Waals surface area contributed by atoms with E-state index in [1.807, 2.05) is 4.90 Å². The van der Waals surface area contributed by atoms with Crippen LogP contribution in [0.1, 0.15) is 19.3 Å². The van der Waals surface area contributed by atoms with Crippen LogP contribution in [0.5, 0.6) is 5.75 Å². The Morgan fingerprint density at radius 3 is 2.52 bits per heavy atom. The fraction of sp³-hybridized carbons (Fsp3) is 0.556. The molecular formula is C18H25FN2O4. The molecule has 1 aromatic rings. The molecule has 138 valence electrons. The second-order valence-electron chi connectivity index (χ2n) is 6.36. The normalized spacial score (nSPS) is 15.8. The van der Waals surface area contributed by atoms with E-state index < -0.39 is 5.97 Å². The third kappa shape index (κ3) is 6.34. The summed E-state index contributed by atoms with van der Waals surface area (Å²) in [4.78, 5) is 26.8. The summed E-state index contributed by atoms with van der Waals surface area (Å²) in [7, 11) is 1.75. The average molecular weight is 352 g/mol. The summed E-state index contributed by atoms with van der Waals surface area (Å²) in [6.07, 6.45) is 1.87. The highest BCUT2D eigenvalue weighted by atomic mass is 19.1. The van der Waals surface area contributed by atoms with E-state index in [0.29, 0.717) is 57.8 Å². The van der Waals surface area contributed by atoms with Crippen molar-refractivity contribution >= 4 is 11.9 Å². The van der Waals surface area contributed by atoms with Crippen molar-refractivity contribution < 1.29 is 23.8 Å². The van der Waals surface area contributed by atoms with Crippen LogP contribution >= 0.6 is 0 Å². The van der Waals surface area contributed by atoms with Crippen LogP contribution in [0, 0.1) is 11.7 Å². The molecule has 7 heteroatoms. The van der Waals surface area contributed by atoms with Gasteiger partial charge >= 0.3 is 5.97 Å². The molecule has 1 aromatic carbocycles. The zero-order valence-corrected chi connectivity index (χ0v) is 14.5. The summed E-state index contributed by atoms with van der Waals surface area (Å²) in [5.41, 5.74) is 0. The number of hydrogen-bond donors (Lipinski definition) is 1. The topological polar surface area (TPSA) is 70.1 Å². The van der Waals surface area contributed by atoms with Crippen LogP contribution in [0.3, 0.4) is 0 Å². The molecule has 1 amide bonds. The second kappa shape index (κ2) is 9.36. The zero-order chi connectivity index (χ0) is 18.2. The Morgan fingerprint density at radius 1 is 1.28 bits per heavy atom. The predicted octanol–water partition coefficient (Wildman–Crippen LogP) is 1.85. The van der Waals surface area contributed by atoms with Crippen LogP contribution in [-0.2, 0) is 9.59 Å². The second-order valence-corrected chi connectivity index (χ2v) is 6.36. The molecule has 0 unspecified atom stereocenters. The van der Waals surface area contributed by atoms with Crippen LogP contribution in [0.4, 0.5) is 4.39 Å². The number of likely N-dealkylation sites (N-methyl/N-ethyl adjacent to an activating group) is 1. The molecular weight excluding hydrogens is 327 g/mol. The minimum absolute atomic E-state index is 0.0237. The van der Waals surface area contributed by atoms with Crippen molar-refractivity contribution in [2.75, 3.05) is 39.8 Å². The Kier molecular flexibility index (Phi) is 7.18. The molecule has 0 radical (unpaired) electrons. The Hall–Kier alpha value is -2.15. The number of carbonyl (C=O) groups is 2. The lowest BCUT2D eigenvalue weighted by Crippen LogP contribution is -2.43. The first-order valence-corrected chi connectivity index (χ1v) is 8.53. The largest absolute Gasteiger partial charge is 0.494 e. The van der Waals surface area contributed by atoms with Gasteiger partial charge in [-0.3, -0.25) is 14.5 Å². The molecule has 1 heterocycles. The highest BCUT2D eigenvalue weighted by Gasteiger charge is 2.25. The first kappa shape index (κ1) is 19.2. The van der Waals surface area contributed by atoms with Crippen molar-refractivity contribution in [3.8, 4) is 5.75 Å². The van der Waals surface area contributed by atoms with Crippen molar-refractivity contribution in [1.29, 1.82) is 0 Å². The number of carboxylic acids is 1. The Bertz CT molecular complexity index is 571. The van der Waals surface area contributed by atoms with Gasteiger partial charge in [0.15, 0.2) is 0 Å². The molecule has 25 heavy (non-hydrogen) atoms. The number of carbonyl (C=O) groups excluding carboxylic acids is 1. The molecule has 6 nitrogen and oxygen atoms in total. The first-order chi connectivity index (χ1) is 12.0.